The molecule has 3 aromatic heterocycles. The molecule has 2 N–H and O–H groups in total. The quantitative estimate of drug-likeness (QED) is 0.150. The highest BCUT2D eigenvalue weighted by Crippen LogP contribution is 2.38. The Balaban J connectivity index is 1.45. The fraction of sp³-hybridized carbons (Fsp3) is 0. The van der Waals surface area contributed by atoms with E-state index in [0.29, 0.717) is 45.0 Å². The molecule has 0 spiro atoms. The Morgan fingerprint density at radius 3 is 0.714 bits per heavy atom. The number of benzene rings is 4. The molecule has 9 rings (SSSR count). The van der Waals surface area contributed by atoms with E-state index in [-0.39, 0.29) is 0 Å². The maximum atomic E-state index is 11.6. The molecule has 0 aliphatic carbocycles. The molecule has 0 fully saturated rings. The number of nitrogens with one attached hydrogen (secondary N) is 2. The first-order valence-corrected chi connectivity index (χ1v) is 17.9. The lowest BCUT2D eigenvalue weighted by molar-refractivity contribution is 0.111. The predicted octanol–water partition coefficient (Wildman–Crippen LogP) is 10.6. The van der Waals surface area contributed by atoms with E-state index in [1.807, 2.05) is 97.1 Å². The summed E-state index contributed by atoms with van der Waals surface area (Å²) in [6, 6.07) is 37.7. The van der Waals surface area contributed by atoms with E-state index in [1.165, 1.54) is 0 Å². The van der Waals surface area contributed by atoms with Crippen molar-refractivity contribution in [1.29, 1.82) is 0 Å². The van der Waals surface area contributed by atoms with Gasteiger partial charge < -0.3 is 9.97 Å². The largest absolute Gasteiger partial charge is 0.354 e. The van der Waals surface area contributed by atoms with Crippen molar-refractivity contribution in [2.75, 3.05) is 0 Å². The Kier molecular flexibility index (Phi) is 8.60. The number of aromatic amines is 2. The minimum absolute atomic E-state index is 0.561. The third kappa shape index (κ3) is 6.11. The molecule has 0 saturated heterocycles. The lowest BCUT2D eigenvalue weighted by atomic mass is 10.0. The molecule has 0 radical (unpaired) electrons. The van der Waals surface area contributed by atoms with Gasteiger partial charge in [0, 0.05) is 66.6 Å². The number of H-pyrrole nitrogens is 2. The lowest BCUT2D eigenvalue weighted by Crippen LogP contribution is -1.90. The molecule has 0 atom stereocenters. The topological polar surface area (TPSA) is 126 Å². The number of carbonyl (C=O) groups is 4. The third-order valence-corrected chi connectivity index (χ3v) is 10.1. The Morgan fingerprint density at radius 1 is 0.304 bits per heavy atom. The SMILES string of the molecule is O=Cc1ccc(-c2c3nc(c(-c4ccc(C=O)cc4)c4ccc([nH]4)c(-c4ccc(C=O)cc4)c4nc(c(-c5ccc(C=O)cc5)c5ccc2[nH]5)C=C4)C=C3)cc1. The zero-order valence-corrected chi connectivity index (χ0v) is 29.7. The van der Waals surface area contributed by atoms with Crippen LogP contribution in [0.25, 0.3) is 90.9 Å². The van der Waals surface area contributed by atoms with Crippen molar-refractivity contribution in [3.8, 4) is 44.5 Å². The van der Waals surface area contributed by atoms with Gasteiger partial charge in [0.05, 0.1) is 22.8 Å². The van der Waals surface area contributed by atoms with Gasteiger partial charge >= 0.3 is 0 Å². The highest BCUT2D eigenvalue weighted by molar-refractivity contribution is 6.00. The second kappa shape index (κ2) is 14.2. The van der Waals surface area contributed by atoms with Crippen LogP contribution in [0, 0.1) is 0 Å². The normalized spacial score (nSPS) is 11.7. The fourth-order valence-corrected chi connectivity index (χ4v) is 7.33. The van der Waals surface area contributed by atoms with E-state index in [2.05, 4.69) is 9.97 Å². The molecule has 0 amide bonds. The number of hydrogen-bond acceptors (Lipinski definition) is 6. The first-order chi connectivity index (χ1) is 27.5. The summed E-state index contributed by atoms with van der Waals surface area (Å²) in [6.07, 6.45) is 11.2. The number of hydrogen-bond donors (Lipinski definition) is 2. The van der Waals surface area contributed by atoms with Gasteiger partial charge in [0.25, 0.3) is 0 Å². The molecular weight excluding hydrogens is 697 g/mol. The van der Waals surface area contributed by atoms with Gasteiger partial charge in [-0.05, 0) is 70.8 Å². The highest BCUT2D eigenvalue weighted by atomic mass is 16.1. The summed E-state index contributed by atoms with van der Waals surface area (Å²) in [5.74, 6) is 0. The van der Waals surface area contributed by atoms with Crippen LogP contribution in [0.1, 0.15) is 64.2 Å². The van der Waals surface area contributed by atoms with E-state index in [1.54, 1.807) is 48.5 Å². The Labute approximate surface area is 320 Å². The number of fused-ring (bicyclic) bond motifs is 8. The van der Waals surface area contributed by atoms with Gasteiger partial charge in [0.15, 0.2) is 0 Å². The Bertz CT molecular complexity index is 2550. The molecule has 0 saturated carbocycles. The van der Waals surface area contributed by atoms with E-state index in [4.69, 9.17) is 9.97 Å². The van der Waals surface area contributed by atoms with Gasteiger partial charge in [-0.15, -0.1) is 0 Å². The summed E-state index contributed by atoms with van der Waals surface area (Å²) in [5.41, 5.74) is 15.0. The van der Waals surface area contributed by atoms with E-state index < -0.39 is 0 Å². The van der Waals surface area contributed by atoms with E-state index in [9.17, 15) is 19.2 Å². The van der Waals surface area contributed by atoms with Crippen molar-refractivity contribution in [3.63, 3.8) is 0 Å². The Morgan fingerprint density at radius 2 is 0.518 bits per heavy atom. The maximum absolute atomic E-state index is 11.6. The van der Waals surface area contributed by atoms with Crippen LogP contribution >= 0.6 is 0 Å². The van der Waals surface area contributed by atoms with Gasteiger partial charge in [0.2, 0.25) is 0 Å². The minimum Gasteiger partial charge on any atom is -0.354 e. The first kappa shape index (κ1) is 34.0. The number of rotatable bonds is 8. The van der Waals surface area contributed by atoms with Crippen LogP contribution in [-0.4, -0.2) is 45.1 Å². The molecule has 2 aliphatic rings. The van der Waals surface area contributed by atoms with Gasteiger partial charge in [-0.3, -0.25) is 19.2 Å². The molecule has 7 aromatic rings. The van der Waals surface area contributed by atoms with Crippen molar-refractivity contribution in [3.05, 3.63) is 166 Å². The summed E-state index contributed by atoms with van der Waals surface area (Å²) >= 11 is 0. The van der Waals surface area contributed by atoms with Crippen LogP contribution in [0.4, 0.5) is 0 Å². The van der Waals surface area contributed by atoms with Crippen LogP contribution < -0.4 is 0 Å². The van der Waals surface area contributed by atoms with Gasteiger partial charge in [0.1, 0.15) is 25.1 Å². The van der Waals surface area contributed by atoms with Crippen LogP contribution in [0.15, 0.2) is 121 Å². The van der Waals surface area contributed by atoms with E-state index >= 15 is 0 Å². The summed E-state index contributed by atoms with van der Waals surface area (Å²) < 4.78 is 0. The zero-order valence-electron chi connectivity index (χ0n) is 29.7. The van der Waals surface area contributed by atoms with Gasteiger partial charge in [-0.25, -0.2) is 9.97 Å². The molecule has 56 heavy (non-hydrogen) atoms. The van der Waals surface area contributed by atoms with Crippen LogP contribution in [0.5, 0.6) is 0 Å². The number of aldehydes is 4. The predicted molar refractivity (Wildman–Crippen MR) is 222 cm³/mol. The van der Waals surface area contributed by atoms with Crippen molar-refractivity contribution >= 4 is 71.5 Å². The summed E-state index contributed by atoms with van der Waals surface area (Å²) in [4.78, 5) is 64.4. The first-order valence-electron chi connectivity index (χ1n) is 17.9. The van der Waals surface area contributed by atoms with Crippen molar-refractivity contribution in [1.82, 2.24) is 19.9 Å². The fourth-order valence-electron chi connectivity index (χ4n) is 7.33. The van der Waals surface area contributed by atoms with Crippen LogP contribution in [-0.2, 0) is 0 Å². The average molecular weight is 727 g/mol. The van der Waals surface area contributed by atoms with Gasteiger partial charge in [-0.1, -0.05) is 97.1 Å². The molecule has 4 aromatic carbocycles. The summed E-state index contributed by atoms with van der Waals surface area (Å²) in [5, 5.41) is 0. The minimum atomic E-state index is 0.561. The smallest absolute Gasteiger partial charge is 0.150 e. The number of carbonyl (C=O) groups excluding carboxylic acids is 4. The highest BCUT2D eigenvalue weighted by Gasteiger charge is 2.19. The van der Waals surface area contributed by atoms with Crippen molar-refractivity contribution in [2.24, 2.45) is 0 Å². The Hall–Kier alpha value is -7.84. The van der Waals surface area contributed by atoms with E-state index in [0.717, 1.165) is 91.7 Å². The number of aromatic nitrogens is 4. The number of nitrogens with zero attached hydrogens (tertiary/aromatic N) is 2. The van der Waals surface area contributed by atoms with Gasteiger partial charge in [-0.2, -0.15) is 0 Å². The monoisotopic (exact) mass is 726 g/mol. The molecule has 2 aliphatic heterocycles. The average Bonchev–Trinajstić information content (AvgIpc) is 4.10. The molecule has 266 valence electrons. The van der Waals surface area contributed by atoms with Crippen molar-refractivity contribution in [2.45, 2.75) is 0 Å². The third-order valence-electron chi connectivity index (χ3n) is 10.1. The molecule has 0 unspecified atom stereocenters. The molecule has 5 heterocycles. The summed E-state index contributed by atoms with van der Waals surface area (Å²) in [7, 11) is 0. The van der Waals surface area contributed by atoms with Crippen LogP contribution in [0.3, 0.4) is 0 Å². The summed E-state index contributed by atoms with van der Waals surface area (Å²) in [6.45, 7) is 0. The lowest BCUT2D eigenvalue weighted by Gasteiger charge is -2.07. The molecule has 8 bridgehead atoms. The van der Waals surface area contributed by atoms with Crippen molar-refractivity contribution < 1.29 is 19.2 Å². The maximum Gasteiger partial charge on any atom is 0.150 e. The molecule has 8 heteroatoms. The second-order valence-electron chi connectivity index (χ2n) is 13.5. The van der Waals surface area contributed by atoms with Crippen LogP contribution in [0.2, 0.25) is 0 Å². The molecular formula is C48H30N4O4. The second-order valence-corrected chi connectivity index (χ2v) is 13.5. The molecule has 8 nitrogen and oxygen atoms in total. The standard InChI is InChI=1S/C48H30N4O4/c53-25-29-1-9-33(10-2-29)45-37-17-19-39(49-37)46(34-11-3-30(26-54)4-12-34)41-21-23-43(51-41)48(36-15-7-32(28-56)8-16-36)44-24-22-42(52-44)47(40-20-18-38(45)50-40)35-13-5-31(27-55)6-14-35/h1-28,49,52H. The zero-order chi connectivity index (χ0) is 38.2.